The molecule has 1 rings (SSSR count). The van der Waals surface area contributed by atoms with Crippen LogP contribution < -0.4 is 0 Å². The van der Waals surface area contributed by atoms with Crippen LogP contribution >= 0.6 is 0 Å². The zero-order valence-corrected chi connectivity index (χ0v) is 6.15. The van der Waals surface area contributed by atoms with Gasteiger partial charge in [-0.25, -0.2) is 0 Å². The smallest absolute Gasteiger partial charge is 0.0861 e. The van der Waals surface area contributed by atoms with Crippen molar-refractivity contribution in [3.05, 3.63) is 0 Å². The average molecular weight is 110 g/mol. The van der Waals surface area contributed by atoms with Crippen molar-refractivity contribution < 1.29 is 0 Å². The Labute approximate surface area is 52.7 Å². The van der Waals surface area contributed by atoms with E-state index in [9.17, 15) is 0 Å². The lowest BCUT2D eigenvalue weighted by Crippen LogP contribution is -1.96. The van der Waals surface area contributed by atoms with Gasteiger partial charge in [0, 0.05) is 0 Å². The second-order valence-corrected chi connectivity index (χ2v) is 3.53. The molecule has 0 aromatic heterocycles. The van der Waals surface area contributed by atoms with Gasteiger partial charge in [-0.15, -0.1) is 0 Å². The Morgan fingerprint density at radius 2 is 1.50 bits per heavy atom. The van der Waals surface area contributed by atoms with Crippen LogP contribution in [0.25, 0.3) is 0 Å². The van der Waals surface area contributed by atoms with Crippen molar-refractivity contribution in [1.82, 2.24) is 0 Å². The standard InChI is InChI=1S/C7H15B/c1-6-4-8(3)5-7(6)2/h6-7H,4-5H2,1-3H3. The quantitative estimate of drug-likeness (QED) is 0.420. The van der Waals surface area contributed by atoms with Gasteiger partial charge in [0.2, 0.25) is 0 Å². The van der Waals surface area contributed by atoms with Gasteiger partial charge in [-0.2, -0.15) is 0 Å². The van der Waals surface area contributed by atoms with Gasteiger partial charge >= 0.3 is 0 Å². The fourth-order valence-corrected chi connectivity index (χ4v) is 1.83. The molecule has 0 aromatic rings. The van der Waals surface area contributed by atoms with E-state index in [0.29, 0.717) is 0 Å². The van der Waals surface area contributed by atoms with E-state index in [4.69, 9.17) is 0 Å². The first kappa shape index (κ1) is 6.19. The molecule has 0 saturated carbocycles. The Balaban J connectivity index is 2.39. The molecule has 0 bridgehead atoms. The molecule has 0 N–H and O–H groups in total. The molecule has 1 aliphatic heterocycles. The first-order chi connectivity index (χ1) is 3.70. The van der Waals surface area contributed by atoms with E-state index in [2.05, 4.69) is 20.7 Å². The van der Waals surface area contributed by atoms with Gasteiger partial charge < -0.3 is 0 Å². The highest BCUT2D eigenvalue weighted by atomic mass is 14.2. The van der Waals surface area contributed by atoms with Crippen LogP contribution in [0.2, 0.25) is 19.5 Å². The summed E-state index contributed by atoms with van der Waals surface area (Å²) in [6.45, 7) is 8.10. The molecule has 2 unspecified atom stereocenters. The van der Waals surface area contributed by atoms with Gasteiger partial charge in [0.1, 0.15) is 6.71 Å². The number of rotatable bonds is 0. The molecule has 1 fully saturated rings. The Morgan fingerprint density at radius 3 is 1.62 bits per heavy atom. The minimum atomic E-state index is 0.991. The monoisotopic (exact) mass is 110 g/mol. The zero-order valence-electron chi connectivity index (χ0n) is 6.15. The minimum Gasteiger partial charge on any atom is -0.0861 e. The van der Waals surface area contributed by atoms with Gasteiger partial charge in [0.25, 0.3) is 0 Å². The lowest BCUT2D eigenvalue weighted by atomic mass is 9.50. The van der Waals surface area contributed by atoms with Crippen LogP contribution in [-0.4, -0.2) is 6.71 Å². The van der Waals surface area contributed by atoms with Crippen molar-refractivity contribution in [2.75, 3.05) is 0 Å². The third-order valence-electron chi connectivity index (χ3n) is 2.52. The van der Waals surface area contributed by atoms with Crippen LogP contribution in [0.5, 0.6) is 0 Å². The third kappa shape index (κ3) is 1.07. The second-order valence-electron chi connectivity index (χ2n) is 3.53. The molecule has 46 valence electrons. The summed E-state index contributed by atoms with van der Waals surface area (Å²) in [5.74, 6) is 1.98. The Bertz CT molecular complexity index is 70.5. The van der Waals surface area contributed by atoms with E-state index in [1.54, 1.807) is 0 Å². The summed E-state index contributed by atoms with van der Waals surface area (Å²) in [7, 11) is 0. The summed E-state index contributed by atoms with van der Waals surface area (Å²) >= 11 is 0. The second kappa shape index (κ2) is 2.12. The summed E-state index contributed by atoms with van der Waals surface area (Å²) in [6, 6.07) is 0. The van der Waals surface area contributed by atoms with Crippen LogP contribution in [0.1, 0.15) is 13.8 Å². The van der Waals surface area contributed by atoms with Gasteiger partial charge in [0.05, 0.1) is 0 Å². The fraction of sp³-hybridized carbons (Fsp3) is 1.00. The summed E-state index contributed by atoms with van der Waals surface area (Å²) in [5, 5.41) is 0. The Kier molecular flexibility index (Phi) is 1.64. The lowest BCUT2D eigenvalue weighted by molar-refractivity contribution is 0.486. The molecule has 1 heterocycles. The summed E-state index contributed by atoms with van der Waals surface area (Å²) < 4.78 is 0. The first-order valence-corrected chi connectivity index (χ1v) is 3.70. The van der Waals surface area contributed by atoms with E-state index < -0.39 is 0 Å². The minimum absolute atomic E-state index is 0.991. The van der Waals surface area contributed by atoms with Crippen molar-refractivity contribution in [2.45, 2.75) is 33.3 Å². The fourth-order valence-electron chi connectivity index (χ4n) is 1.83. The summed E-state index contributed by atoms with van der Waals surface area (Å²) in [4.78, 5) is 0. The Morgan fingerprint density at radius 1 is 1.12 bits per heavy atom. The van der Waals surface area contributed by atoms with E-state index >= 15 is 0 Å². The molecule has 0 spiro atoms. The topological polar surface area (TPSA) is 0 Å². The molecule has 1 heteroatoms. The molecular formula is C7H15B. The van der Waals surface area contributed by atoms with Crippen LogP contribution in [-0.2, 0) is 0 Å². The molecule has 1 aliphatic rings. The summed E-state index contributed by atoms with van der Waals surface area (Å²) in [6.07, 6.45) is 2.92. The van der Waals surface area contributed by atoms with E-state index in [1.807, 2.05) is 0 Å². The first-order valence-electron chi connectivity index (χ1n) is 3.70. The summed E-state index contributed by atoms with van der Waals surface area (Å²) in [5.41, 5.74) is 0. The zero-order chi connectivity index (χ0) is 6.15. The number of hydrogen-bond donors (Lipinski definition) is 0. The molecule has 8 heavy (non-hydrogen) atoms. The van der Waals surface area contributed by atoms with Crippen molar-refractivity contribution in [3.8, 4) is 0 Å². The Hall–Kier alpha value is 0.0649. The van der Waals surface area contributed by atoms with E-state index in [-0.39, 0.29) is 0 Å². The van der Waals surface area contributed by atoms with Gasteiger partial charge in [0.15, 0.2) is 0 Å². The van der Waals surface area contributed by atoms with Gasteiger partial charge in [-0.3, -0.25) is 0 Å². The predicted molar refractivity (Wildman–Crippen MR) is 39.6 cm³/mol. The molecular weight excluding hydrogens is 94.9 g/mol. The molecule has 0 radical (unpaired) electrons. The van der Waals surface area contributed by atoms with Crippen molar-refractivity contribution in [2.24, 2.45) is 11.8 Å². The van der Waals surface area contributed by atoms with E-state index in [0.717, 1.165) is 18.5 Å². The maximum Gasteiger partial charge on any atom is 0.137 e. The molecule has 0 nitrogen and oxygen atoms in total. The highest BCUT2D eigenvalue weighted by Crippen LogP contribution is 2.31. The van der Waals surface area contributed by atoms with Crippen LogP contribution in [0, 0.1) is 11.8 Å². The van der Waals surface area contributed by atoms with Crippen molar-refractivity contribution in [3.63, 3.8) is 0 Å². The third-order valence-corrected chi connectivity index (χ3v) is 2.52. The predicted octanol–water partition coefficient (Wildman–Crippen LogP) is 2.40. The largest absolute Gasteiger partial charge is 0.137 e. The van der Waals surface area contributed by atoms with Crippen LogP contribution in [0.15, 0.2) is 0 Å². The maximum atomic E-state index is 2.37. The maximum absolute atomic E-state index is 2.37. The molecule has 0 aliphatic carbocycles. The SMILES string of the molecule is CB1CC(C)C(C)C1. The van der Waals surface area contributed by atoms with E-state index in [1.165, 1.54) is 12.6 Å². The lowest BCUT2D eigenvalue weighted by Gasteiger charge is -2.05. The molecule has 1 saturated heterocycles. The highest BCUT2D eigenvalue weighted by Gasteiger charge is 2.26. The van der Waals surface area contributed by atoms with Crippen LogP contribution in [0.4, 0.5) is 0 Å². The highest BCUT2D eigenvalue weighted by molar-refractivity contribution is 6.58. The van der Waals surface area contributed by atoms with Crippen molar-refractivity contribution >= 4 is 6.71 Å². The normalized spacial score (nSPS) is 38.6. The van der Waals surface area contributed by atoms with Gasteiger partial charge in [-0.05, 0) is 11.8 Å². The average Bonchev–Trinajstić information content (AvgIpc) is 1.85. The van der Waals surface area contributed by atoms with Gasteiger partial charge in [-0.1, -0.05) is 33.3 Å². The van der Waals surface area contributed by atoms with Crippen molar-refractivity contribution in [1.29, 1.82) is 0 Å². The molecule has 0 aromatic carbocycles. The molecule has 0 amide bonds. The van der Waals surface area contributed by atoms with Crippen LogP contribution in [0.3, 0.4) is 0 Å². The molecule has 2 atom stereocenters. The number of hydrogen-bond acceptors (Lipinski definition) is 0.